The Labute approximate surface area is 231 Å². The number of rotatable bonds is 8. The van der Waals surface area contributed by atoms with Gasteiger partial charge in [0.1, 0.15) is 17.2 Å². The van der Waals surface area contributed by atoms with Crippen molar-refractivity contribution in [2.75, 3.05) is 0 Å². The van der Waals surface area contributed by atoms with E-state index in [1.165, 1.54) is 16.8 Å². The van der Waals surface area contributed by atoms with E-state index in [0.717, 1.165) is 6.20 Å². The normalized spacial score (nSPS) is 12.4. The van der Waals surface area contributed by atoms with Crippen LogP contribution in [0.25, 0.3) is 11.6 Å². The Morgan fingerprint density at radius 3 is 2.19 bits per heavy atom. The molecule has 3 heterocycles. The summed E-state index contributed by atoms with van der Waals surface area (Å²) in [4.78, 5) is 9.43. The minimum Gasteiger partial charge on any atom is -0.456 e. The van der Waals surface area contributed by atoms with Crippen LogP contribution >= 0.6 is 0 Å². The van der Waals surface area contributed by atoms with Crippen LogP contribution in [0.4, 0.5) is 26.3 Å². The lowest BCUT2D eigenvalue weighted by Gasteiger charge is -2.14. The number of hydrogen-bond acceptors (Lipinski definition) is 10. The van der Waals surface area contributed by atoms with E-state index in [4.69, 9.17) is 14.0 Å². The molecule has 17 heteroatoms. The van der Waals surface area contributed by atoms with E-state index in [-0.39, 0.29) is 35.9 Å². The van der Waals surface area contributed by atoms with E-state index < -0.39 is 29.2 Å². The molecule has 3 aromatic heterocycles. The Kier molecular flexibility index (Phi) is 7.56. The molecular weight excluding hydrogens is 574 g/mol. The molecule has 2 aromatic carbocycles. The summed E-state index contributed by atoms with van der Waals surface area (Å²) in [6.07, 6.45) is -8.95. The molecule has 0 spiro atoms. The predicted molar refractivity (Wildman–Crippen MR) is 130 cm³/mol. The van der Waals surface area contributed by atoms with Crippen LogP contribution in [-0.4, -0.2) is 41.1 Å². The lowest BCUT2D eigenvalue weighted by molar-refractivity contribution is -0.143. The van der Waals surface area contributed by atoms with Crippen LogP contribution in [0.5, 0.6) is 11.5 Å². The summed E-state index contributed by atoms with van der Waals surface area (Å²) < 4.78 is 90.8. The Morgan fingerprint density at radius 1 is 0.881 bits per heavy atom. The number of ether oxygens (including phenoxy) is 1. The van der Waals surface area contributed by atoms with E-state index in [1.54, 1.807) is 19.2 Å². The smallest absolute Gasteiger partial charge is 0.416 e. The van der Waals surface area contributed by atoms with Crippen molar-refractivity contribution in [1.82, 2.24) is 35.4 Å². The van der Waals surface area contributed by atoms with Gasteiger partial charge in [-0.05, 0) is 40.8 Å². The third kappa shape index (κ3) is 6.51. The molecule has 0 aliphatic carbocycles. The van der Waals surface area contributed by atoms with Crippen LogP contribution in [0.2, 0.25) is 0 Å². The van der Waals surface area contributed by atoms with Crippen molar-refractivity contribution >= 4 is 5.71 Å². The van der Waals surface area contributed by atoms with E-state index in [2.05, 4.69) is 35.9 Å². The fourth-order valence-corrected chi connectivity index (χ4v) is 3.50. The first-order valence-corrected chi connectivity index (χ1v) is 11.7. The lowest BCUT2D eigenvalue weighted by atomic mass is 10.1. The van der Waals surface area contributed by atoms with Crippen molar-refractivity contribution in [2.24, 2.45) is 12.2 Å². The van der Waals surface area contributed by atoms with Gasteiger partial charge in [0, 0.05) is 12.6 Å². The highest BCUT2D eigenvalue weighted by Gasteiger charge is 2.37. The zero-order chi connectivity index (χ0) is 29.9. The molecule has 0 saturated heterocycles. The van der Waals surface area contributed by atoms with Crippen LogP contribution in [0.15, 0.2) is 76.4 Å². The Bertz CT molecular complexity index is 1670. The van der Waals surface area contributed by atoms with Crippen molar-refractivity contribution < 1.29 is 40.3 Å². The minimum atomic E-state index is -5.01. The molecule has 0 bridgehead atoms. The highest BCUT2D eigenvalue weighted by atomic mass is 19.4. The average Bonchev–Trinajstić information content (AvgIpc) is 3.60. The molecule has 42 heavy (non-hydrogen) atoms. The molecule has 0 unspecified atom stereocenters. The average molecular weight is 590 g/mol. The van der Waals surface area contributed by atoms with Gasteiger partial charge in [-0.3, -0.25) is 0 Å². The van der Waals surface area contributed by atoms with Crippen molar-refractivity contribution in [3.63, 3.8) is 0 Å². The molecule has 0 saturated carbocycles. The van der Waals surface area contributed by atoms with Crippen LogP contribution in [-0.2, 0) is 30.8 Å². The summed E-state index contributed by atoms with van der Waals surface area (Å²) in [7, 11) is 1.64. The molecule has 216 valence electrons. The molecule has 5 aromatic rings. The fourth-order valence-electron chi connectivity index (χ4n) is 3.50. The Hall–Kier alpha value is -5.35. The summed E-state index contributed by atoms with van der Waals surface area (Å²) in [5.41, 5.74) is -1.83. The van der Waals surface area contributed by atoms with Gasteiger partial charge in [0.25, 0.3) is 11.8 Å². The molecule has 0 radical (unpaired) electrons. The second kappa shape index (κ2) is 11.3. The molecule has 0 amide bonds. The second-order valence-electron chi connectivity index (χ2n) is 8.43. The maximum Gasteiger partial charge on any atom is 0.416 e. The van der Waals surface area contributed by atoms with Crippen LogP contribution in [0.1, 0.15) is 28.4 Å². The molecule has 0 fully saturated rings. The monoisotopic (exact) mass is 590 g/mol. The number of halogens is 6. The van der Waals surface area contributed by atoms with E-state index in [9.17, 15) is 26.3 Å². The minimum absolute atomic E-state index is 0.00580. The van der Waals surface area contributed by atoms with Gasteiger partial charge in [-0.2, -0.15) is 26.3 Å². The van der Waals surface area contributed by atoms with Gasteiger partial charge in [-0.1, -0.05) is 35.5 Å². The van der Waals surface area contributed by atoms with E-state index in [1.807, 2.05) is 18.2 Å². The fraction of sp³-hybridized carbons (Fsp3) is 0.160. The van der Waals surface area contributed by atoms with Crippen molar-refractivity contribution in [2.45, 2.75) is 19.0 Å². The van der Waals surface area contributed by atoms with Gasteiger partial charge in [-0.25, -0.2) is 9.67 Å². The Balaban J connectivity index is 1.28. The number of oxime groups is 1. The van der Waals surface area contributed by atoms with Crippen molar-refractivity contribution in [3.8, 4) is 23.1 Å². The summed E-state index contributed by atoms with van der Waals surface area (Å²) in [5, 5.41) is 23.2. The second-order valence-corrected chi connectivity index (χ2v) is 8.43. The number of aryl methyl sites for hydroxylation is 1. The van der Waals surface area contributed by atoms with Crippen molar-refractivity contribution in [1.29, 1.82) is 0 Å². The lowest BCUT2D eigenvalue weighted by Crippen LogP contribution is -2.12. The molecule has 0 N–H and O–H groups in total. The van der Waals surface area contributed by atoms with E-state index >= 15 is 0 Å². The number of alkyl halides is 6. The molecule has 11 nitrogen and oxygen atoms in total. The molecule has 0 aliphatic rings. The van der Waals surface area contributed by atoms with Gasteiger partial charge in [0.05, 0.1) is 17.3 Å². The van der Waals surface area contributed by atoms with Crippen molar-refractivity contribution in [3.05, 3.63) is 95.3 Å². The third-order valence-corrected chi connectivity index (χ3v) is 5.44. The first-order chi connectivity index (χ1) is 20.0. The molecule has 5 rings (SSSR count). The molecule has 0 atom stereocenters. The van der Waals surface area contributed by atoms with Crippen LogP contribution in [0.3, 0.4) is 0 Å². The number of hydrogen-bond donors (Lipinski definition) is 0. The summed E-state index contributed by atoms with van der Waals surface area (Å²) in [6, 6.07) is 12.6. The molecular formula is C25H16F6N8O3. The first kappa shape index (κ1) is 28.2. The molecule has 0 aliphatic heterocycles. The number of benzene rings is 2. The largest absolute Gasteiger partial charge is 0.456 e. The summed E-state index contributed by atoms with van der Waals surface area (Å²) >= 11 is 0. The SMILES string of the molecule is Cn1nnnc1/C(=N\OCc1nnc(-c2ccc(Oc3cc(C(F)(F)F)cc(C(F)(F)F)c3)cn2)o1)c1ccccc1. The van der Waals surface area contributed by atoms with E-state index in [0.29, 0.717) is 29.2 Å². The predicted octanol–water partition coefficient (Wildman–Crippen LogP) is 5.45. The standard InChI is InChI=1S/C25H16F6N8O3/c1-39-22(34-37-38-39)21(14-5-3-2-4-6-14)36-40-13-20-33-35-23(42-20)19-8-7-17(12-32-19)41-18-10-15(24(26,27)28)9-16(11-18)25(29,30)31/h2-12H,13H2,1H3/b36-21-. The highest BCUT2D eigenvalue weighted by Crippen LogP contribution is 2.39. The Morgan fingerprint density at radius 2 is 1.60 bits per heavy atom. The van der Waals surface area contributed by atoms with Crippen LogP contribution in [0, 0.1) is 0 Å². The van der Waals surface area contributed by atoms with Gasteiger partial charge in [0.15, 0.2) is 12.3 Å². The zero-order valence-electron chi connectivity index (χ0n) is 21.1. The number of aromatic nitrogens is 7. The maximum absolute atomic E-state index is 13.1. The maximum atomic E-state index is 13.1. The topological polar surface area (TPSA) is 126 Å². The number of nitrogens with zero attached hydrogens (tertiary/aromatic N) is 8. The van der Waals surface area contributed by atoms with Gasteiger partial charge < -0.3 is 14.0 Å². The number of pyridine rings is 1. The third-order valence-electron chi connectivity index (χ3n) is 5.44. The van der Waals surface area contributed by atoms with Crippen LogP contribution < -0.4 is 4.74 Å². The highest BCUT2D eigenvalue weighted by molar-refractivity contribution is 6.10. The number of tetrazole rings is 1. The van der Waals surface area contributed by atoms with Gasteiger partial charge in [0.2, 0.25) is 5.82 Å². The first-order valence-electron chi connectivity index (χ1n) is 11.7. The van der Waals surface area contributed by atoms with Gasteiger partial charge in [-0.15, -0.1) is 15.3 Å². The quantitative estimate of drug-likeness (QED) is 0.132. The zero-order valence-corrected chi connectivity index (χ0v) is 21.1. The van der Waals surface area contributed by atoms with Gasteiger partial charge >= 0.3 is 12.4 Å². The summed E-state index contributed by atoms with van der Waals surface area (Å²) in [6.45, 7) is -0.229. The summed E-state index contributed by atoms with van der Waals surface area (Å²) in [5.74, 6) is -0.461.